The van der Waals surface area contributed by atoms with Gasteiger partial charge in [0.1, 0.15) is 9.71 Å². The molecular formula is C15H12ClN3O3S. The molecule has 0 saturated carbocycles. The van der Waals surface area contributed by atoms with E-state index >= 15 is 0 Å². The second kappa shape index (κ2) is 6.02. The van der Waals surface area contributed by atoms with Crippen molar-refractivity contribution in [1.82, 2.24) is 9.78 Å². The zero-order valence-electron chi connectivity index (χ0n) is 12.1. The fourth-order valence-corrected chi connectivity index (χ4v) is 3.43. The molecule has 0 aliphatic carbocycles. The molecule has 2 N–H and O–H groups in total. The Balaban J connectivity index is 2.04. The summed E-state index contributed by atoms with van der Waals surface area (Å²) in [6.45, 7) is 1.41. The number of ether oxygens (including phenoxy) is 1. The second-order valence-corrected chi connectivity index (χ2v) is 6.26. The topological polar surface area (TPSA) is 87.2 Å². The number of hydrogen-bond acceptors (Lipinski definition) is 5. The molecule has 0 aliphatic heterocycles. The Bertz CT molecular complexity index is 916. The van der Waals surface area contributed by atoms with Gasteiger partial charge in [0.2, 0.25) is 0 Å². The number of aromatic nitrogens is 2. The first-order valence-electron chi connectivity index (χ1n) is 6.67. The van der Waals surface area contributed by atoms with Gasteiger partial charge in [-0.25, -0.2) is 9.48 Å². The number of para-hydroxylation sites is 1. The summed E-state index contributed by atoms with van der Waals surface area (Å²) in [6, 6.07) is 9.01. The van der Waals surface area contributed by atoms with Crippen LogP contribution in [-0.4, -0.2) is 28.3 Å². The summed E-state index contributed by atoms with van der Waals surface area (Å²) in [5.74, 6) is -1.28. The Kier molecular flexibility index (Phi) is 4.06. The van der Waals surface area contributed by atoms with Gasteiger partial charge in [-0.15, -0.1) is 11.3 Å². The van der Waals surface area contributed by atoms with Crippen molar-refractivity contribution in [2.75, 3.05) is 6.61 Å². The van der Waals surface area contributed by atoms with E-state index in [2.05, 4.69) is 5.10 Å². The molecular weight excluding hydrogens is 338 g/mol. The van der Waals surface area contributed by atoms with Crippen LogP contribution in [0.5, 0.6) is 0 Å². The maximum atomic E-state index is 12.0. The smallest absolute Gasteiger partial charge is 0.348 e. The van der Waals surface area contributed by atoms with E-state index in [1.54, 1.807) is 16.8 Å². The molecule has 6 nitrogen and oxygen atoms in total. The van der Waals surface area contributed by atoms with E-state index in [-0.39, 0.29) is 0 Å². The van der Waals surface area contributed by atoms with Gasteiger partial charge in [-0.2, -0.15) is 5.10 Å². The fraction of sp³-hybridized carbons (Fsp3) is 0.133. The van der Waals surface area contributed by atoms with E-state index < -0.39 is 18.5 Å². The molecule has 118 valence electrons. The molecule has 3 aromatic rings. The highest BCUT2D eigenvalue weighted by Crippen LogP contribution is 2.32. The molecule has 0 radical (unpaired) electrons. The van der Waals surface area contributed by atoms with E-state index in [0.29, 0.717) is 9.90 Å². The summed E-state index contributed by atoms with van der Waals surface area (Å²) in [4.78, 5) is 23.8. The Morgan fingerprint density at radius 1 is 1.39 bits per heavy atom. The van der Waals surface area contributed by atoms with Crippen molar-refractivity contribution in [3.05, 3.63) is 45.9 Å². The van der Waals surface area contributed by atoms with Gasteiger partial charge in [0.25, 0.3) is 5.91 Å². The highest BCUT2D eigenvalue weighted by atomic mass is 35.5. The number of fused-ring (bicyclic) bond motifs is 1. The standard InChI is InChI=1S/C15H12ClN3O3S/c1-8-9-6-12(15(21)22-7-13(17)20)23-14(9)19(18-8)11-5-3-2-4-10(11)16/h2-6H,7H2,1H3,(H2,17,20). The number of thiophene rings is 1. The zero-order valence-corrected chi connectivity index (χ0v) is 13.6. The lowest BCUT2D eigenvalue weighted by molar-refractivity contribution is -0.121. The van der Waals surface area contributed by atoms with Gasteiger partial charge in [0, 0.05) is 5.39 Å². The highest BCUT2D eigenvalue weighted by molar-refractivity contribution is 7.20. The largest absolute Gasteiger partial charge is 0.451 e. The van der Waals surface area contributed by atoms with Gasteiger partial charge in [-0.05, 0) is 25.1 Å². The van der Waals surface area contributed by atoms with Crippen LogP contribution >= 0.6 is 22.9 Å². The number of carbonyl (C=O) groups is 2. The van der Waals surface area contributed by atoms with E-state index in [1.165, 1.54) is 11.3 Å². The monoisotopic (exact) mass is 349 g/mol. The molecule has 0 fully saturated rings. The molecule has 2 heterocycles. The van der Waals surface area contributed by atoms with Crippen LogP contribution in [0.1, 0.15) is 15.4 Å². The number of rotatable bonds is 4. The van der Waals surface area contributed by atoms with Crippen LogP contribution in [0, 0.1) is 6.92 Å². The number of amides is 1. The summed E-state index contributed by atoms with van der Waals surface area (Å²) in [5.41, 5.74) is 6.47. The normalized spacial score (nSPS) is 10.9. The van der Waals surface area contributed by atoms with Crippen LogP contribution in [0.25, 0.3) is 15.9 Å². The van der Waals surface area contributed by atoms with Crippen molar-refractivity contribution in [3.63, 3.8) is 0 Å². The maximum Gasteiger partial charge on any atom is 0.348 e. The zero-order chi connectivity index (χ0) is 16.6. The number of nitrogens with zero attached hydrogens (tertiary/aromatic N) is 2. The molecule has 0 aliphatic rings. The van der Waals surface area contributed by atoms with Crippen LogP contribution in [-0.2, 0) is 9.53 Å². The Morgan fingerprint density at radius 2 is 2.13 bits per heavy atom. The lowest BCUT2D eigenvalue weighted by Crippen LogP contribution is -2.20. The molecule has 2 aromatic heterocycles. The summed E-state index contributed by atoms with van der Waals surface area (Å²) >= 11 is 7.45. The fourth-order valence-electron chi connectivity index (χ4n) is 2.14. The third-order valence-electron chi connectivity index (χ3n) is 3.17. The average Bonchev–Trinajstić information content (AvgIpc) is 3.07. The van der Waals surface area contributed by atoms with Gasteiger partial charge in [-0.1, -0.05) is 23.7 Å². The number of carbonyl (C=O) groups excluding carboxylic acids is 2. The van der Waals surface area contributed by atoms with Crippen LogP contribution in [0.15, 0.2) is 30.3 Å². The van der Waals surface area contributed by atoms with Crippen molar-refractivity contribution >= 4 is 45.0 Å². The molecule has 8 heteroatoms. The molecule has 0 bridgehead atoms. The number of hydrogen-bond donors (Lipinski definition) is 1. The van der Waals surface area contributed by atoms with Gasteiger partial charge in [0.15, 0.2) is 6.61 Å². The summed E-state index contributed by atoms with van der Waals surface area (Å²) in [6.07, 6.45) is 0. The summed E-state index contributed by atoms with van der Waals surface area (Å²) < 4.78 is 6.54. The van der Waals surface area contributed by atoms with Crippen LogP contribution in [0.3, 0.4) is 0 Å². The summed E-state index contributed by atoms with van der Waals surface area (Å²) in [7, 11) is 0. The lowest BCUT2D eigenvalue weighted by atomic mass is 10.3. The molecule has 23 heavy (non-hydrogen) atoms. The Labute approximate surface area is 140 Å². The molecule has 0 unspecified atom stereocenters. The van der Waals surface area contributed by atoms with E-state index in [9.17, 15) is 9.59 Å². The minimum absolute atomic E-state index is 0.377. The lowest BCUT2D eigenvalue weighted by Gasteiger charge is -2.04. The minimum Gasteiger partial charge on any atom is -0.451 e. The van der Waals surface area contributed by atoms with Crippen LogP contribution < -0.4 is 5.73 Å². The second-order valence-electron chi connectivity index (χ2n) is 4.82. The van der Waals surface area contributed by atoms with Crippen LogP contribution in [0.4, 0.5) is 0 Å². The van der Waals surface area contributed by atoms with Crippen molar-refractivity contribution in [2.24, 2.45) is 5.73 Å². The van der Waals surface area contributed by atoms with Crippen molar-refractivity contribution in [2.45, 2.75) is 6.92 Å². The predicted octanol–water partition coefficient (Wildman–Crippen LogP) is 2.69. The van der Waals surface area contributed by atoms with E-state index in [0.717, 1.165) is 21.6 Å². The summed E-state index contributed by atoms with van der Waals surface area (Å²) in [5, 5.41) is 5.86. The molecule has 3 rings (SSSR count). The van der Waals surface area contributed by atoms with Crippen molar-refractivity contribution < 1.29 is 14.3 Å². The number of esters is 1. The first-order chi connectivity index (χ1) is 11.0. The molecule has 0 saturated heterocycles. The Morgan fingerprint density at radius 3 is 2.83 bits per heavy atom. The third-order valence-corrected chi connectivity index (χ3v) is 4.58. The van der Waals surface area contributed by atoms with E-state index in [1.807, 2.05) is 25.1 Å². The minimum atomic E-state index is -0.696. The predicted molar refractivity (Wildman–Crippen MR) is 88.2 cm³/mol. The maximum absolute atomic E-state index is 12.0. The Hall–Kier alpha value is -2.38. The quantitative estimate of drug-likeness (QED) is 0.733. The van der Waals surface area contributed by atoms with E-state index in [4.69, 9.17) is 22.1 Å². The van der Waals surface area contributed by atoms with Crippen molar-refractivity contribution in [1.29, 1.82) is 0 Å². The highest BCUT2D eigenvalue weighted by Gasteiger charge is 2.19. The van der Waals surface area contributed by atoms with Gasteiger partial charge < -0.3 is 10.5 Å². The molecule has 1 aromatic carbocycles. The van der Waals surface area contributed by atoms with Gasteiger partial charge in [0.05, 0.1) is 16.4 Å². The number of benzene rings is 1. The average molecular weight is 350 g/mol. The van der Waals surface area contributed by atoms with Crippen molar-refractivity contribution in [3.8, 4) is 5.69 Å². The molecule has 0 spiro atoms. The van der Waals surface area contributed by atoms with Gasteiger partial charge in [-0.3, -0.25) is 4.79 Å². The molecule has 0 atom stereocenters. The molecule has 1 amide bonds. The number of nitrogens with two attached hydrogens (primary N) is 1. The number of halogens is 1. The number of primary amides is 1. The first kappa shape index (κ1) is 15.5. The van der Waals surface area contributed by atoms with Crippen LogP contribution in [0.2, 0.25) is 5.02 Å². The van der Waals surface area contributed by atoms with Gasteiger partial charge >= 0.3 is 5.97 Å². The third kappa shape index (κ3) is 2.93. The first-order valence-corrected chi connectivity index (χ1v) is 7.86. The number of aryl methyl sites for hydroxylation is 1. The SMILES string of the molecule is Cc1nn(-c2ccccc2Cl)c2sc(C(=O)OCC(N)=O)cc12.